The summed E-state index contributed by atoms with van der Waals surface area (Å²) in [6.45, 7) is 9.20. The number of nitrogens with one attached hydrogen (secondary N) is 1. The number of rotatable bonds is 6. The molecule has 14 nitrogen and oxygen atoms in total. The third-order valence-corrected chi connectivity index (χ3v) is 12.3. The van der Waals surface area contributed by atoms with Gasteiger partial charge in [0.1, 0.15) is 29.4 Å². The number of nitrogens with zero attached hydrogens (tertiary/aromatic N) is 6. The molecule has 4 aromatic rings. The summed E-state index contributed by atoms with van der Waals surface area (Å²) in [5, 5.41) is 5.12. The Hall–Kier alpha value is -5.02. The van der Waals surface area contributed by atoms with Crippen LogP contribution in [0.3, 0.4) is 0 Å². The molecule has 4 fully saturated rings. The highest BCUT2D eigenvalue weighted by molar-refractivity contribution is 6.01. The number of alkyl carbamates (subject to hydrolysis) is 1. The Kier molecular flexibility index (Phi) is 10.1. The van der Waals surface area contributed by atoms with Crippen molar-refractivity contribution in [1.82, 2.24) is 30.1 Å². The maximum atomic E-state index is 17.6. The molecule has 57 heavy (non-hydrogen) atoms. The third kappa shape index (κ3) is 7.47. The maximum absolute atomic E-state index is 17.6. The Morgan fingerprint density at radius 3 is 2.65 bits per heavy atom. The number of hydrogen-bond donors (Lipinski definition) is 1. The second-order valence-electron chi connectivity index (χ2n) is 16.3. The van der Waals surface area contributed by atoms with Crippen LogP contribution in [0.2, 0.25) is 0 Å². The Morgan fingerprint density at radius 1 is 1.02 bits per heavy atom. The fourth-order valence-corrected chi connectivity index (χ4v) is 9.53. The number of benzene rings is 2. The van der Waals surface area contributed by atoms with Crippen LogP contribution in [0.4, 0.5) is 19.8 Å². The van der Waals surface area contributed by atoms with Crippen molar-refractivity contribution in [2.45, 2.75) is 82.6 Å². The topological polar surface area (TPSA) is 141 Å². The molecule has 2 atom stereocenters. The van der Waals surface area contributed by atoms with E-state index in [9.17, 15) is 9.59 Å². The van der Waals surface area contributed by atoms with Gasteiger partial charge in [-0.2, -0.15) is 9.97 Å². The lowest BCUT2D eigenvalue weighted by atomic mass is 9.91. The van der Waals surface area contributed by atoms with Crippen LogP contribution in [0.5, 0.6) is 11.8 Å². The minimum atomic E-state index is -0.943. The number of anilines is 1. The first-order valence-electron chi connectivity index (χ1n) is 20.4. The molecule has 8 heterocycles. The minimum Gasteiger partial charge on any atom is -0.461 e. The molecule has 302 valence electrons. The van der Waals surface area contributed by atoms with Crippen LogP contribution in [0.25, 0.3) is 32.9 Å². The molecule has 6 aliphatic heterocycles. The zero-order chi connectivity index (χ0) is 39.1. The second-order valence-corrected chi connectivity index (χ2v) is 16.3. The van der Waals surface area contributed by atoms with E-state index in [1.165, 1.54) is 0 Å². The monoisotopic (exact) mass is 783 g/mol. The highest BCUT2D eigenvalue weighted by atomic mass is 19.1. The molecule has 6 bridgehead atoms. The highest BCUT2D eigenvalue weighted by Crippen LogP contribution is 2.42. The number of morpholine rings is 1. The first-order chi connectivity index (χ1) is 27.7. The summed E-state index contributed by atoms with van der Waals surface area (Å²) in [6, 6.07) is 9.55. The summed E-state index contributed by atoms with van der Waals surface area (Å²) in [7, 11) is 0. The molecular formula is C42H50FN7O7. The van der Waals surface area contributed by atoms with E-state index >= 15 is 4.39 Å². The van der Waals surface area contributed by atoms with Gasteiger partial charge in [0.2, 0.25) is 6.29 Å². The normalized spacial score (nSPS) is 22.9. The van der Waals surface area contributed by atoms with Crippen LogP contribution in [-0.4, -0.2) is 120 Å². The van der Waals surface area contributed by atoms with Gasteiger partial charge in [-0.05, 0) is 99.8 Å². The third-order valence-electron chi connectivity index (χ3n) is 12.3. The lowest BCUT2D eigenvalue weighted by molar-refractivity contribution is -0.0458. The summed E-state index contributed by atoms with van der Waals surface area (Å²) >= 11 is 0. The van der Waals surface area contributed by atoms with Crippen molar-refractivity contribution in [3.63, 3.8) is 0 Å². The number of fused-ring (bicyclic) bond motifs is 7. The Labute approximate surface area is 330 Å². The largest absolute Gasteiger partial charge is 0.461 e. The Morgan fingerprint density at radius 2 is 1.82 bits per heavy atom. The zero-order valence-corrected chi connectivity index (χ0v) is 32.7. The first kappa shape index (κ1) is 37.6. The molecule has 10 rings (SSSR count). The van der Waals surface area contributed by atoms with Crippen molar-refractivity contribution in [2.24, 2.45) is 0 Å². The summed E-state index contributed by atoms with van der Waals surface area (Å²) < 4.78 is 47.0. The van der Waals surface area contributed by atoms with Gasteiger partial charge in [-0.15, -0.1) is 0 Å². The summed E-state index contributed by atoms with van der Waals surface area (Å²) in [5.74, 6) is 0.272. The lowest BCUT2D eigenvalue weighted by Crippen LogP contribution is -2.57. The van der Waals surface area contributed by atoms with Crippen LogP contribution in [0.15, 0.2) is 36.5 Å². The van der Waals surface area contributed by atoms with E-state index < -0.39 is 29.8 Å². The molecule has 0 radical (unpaired) electrons. The van der Waals surface area contributed by atoms with Crippen molar-refractivity contribution in [2.75, 3.05) is 70.6 Å². The molecule has 2 unspecified atom stereocenters. The predicted octanol–water partition coefficient (Wildman–Crippen LogP) is 6.22. The van der Waals surface area contributed by atoms with E-state index in [4.69, 9.17) is 38.6 Å². The van der Waals surface area contributed by atoms with Gasteiger partial charge < -0.3 is 38.8 Å². The number of aromatic nitrogens is 3. The number of piperidine rings is 1. The summed E-state index contributed by atoms with van der Waals surface area (Å²) in [6.07, 6.45) is 6.66. The summed E-state index contributed by atoms with van der Waals surface area (Å²) in [5.41, 5.74) is 0.925. The van der Waals surface area contributed by atoms with E-state index in [0.717, 1.165) is 68.0 Å². The summed E-state index contributed by atoms with van der Waals surface area (Å²) in [4.78, 5) is 46.8. The Bertz CT molecular complexity index is 2170. The van der Waals surface area contributed by atoms with Gasteiger partial charge in [0.15, 0.2) is 5.82 Å². The van der Waals surface area contributed by atoms with Crippen molar-refractivity contribution in [1.29, 1.82) is 0 Å². The molecule has 2 amide bonds. The molecule has 1 N–H and O–H groups in total. The van der Waals surface area contributed by atoms with Crippen molar-refractivity contribution < 1.29 is 37.7 Å². The first-order valence-corrected chi connectivity index (χ1v) is 20.4. The minimum absolute atomic E-state index is 0.0654. The fraction of sp³-hybridized carbons (Fsp3) is 0.548. The van der Waals surface area contributed by atoms with Crippen LogP contribution >= 0.6 is 0 Å². The van der Waals surface area contributed by atoms with Crippen molar-refractivity contribution in [3.8, 4) is 23.0 Å². The second kappa shape index (κ2) is 15.4. The molecule has 0 aliphatic carbocycles. The number of carbonyl (C=O) groups excluding carboxylic acids is 2. The fourth-order valence-electron chi connectivity index (χ4n) is 9.53. The number of halogens is 1. The van der Waals surface area contributed by atoms with Gasteiger partial charge in [-0.25, -0.2) is 14.0 Å². The highest BCUT2D eigenvalue weighted by Gasteiger charge is 2.45. The zero-order valence-electron chi connectivity index (χ0n) is 32.7. The average Bonchev–Trinajstić information content (AvgIpc) is 3.79. The number of aryl methyl sites for hydroxylation is 1. The standard InChI is InChI=1S/C42H50FN7O7/c1-27(57-40(52)48-17-20-53-21-18-48)56-30-22-29-9-3-8-28-10-4-19-54-39(51)47-41(2)11-5-14-49(25-41)37-32-24-44-35(31(23-30)33(28)29)34(43)36(32)45-38(46-37)55-26-42-12-6-15-50(42)16-7-13-42/h3,8-9,22-24,27H,4-7,10-21,25-26H2,1-2H3,(H,47,51). The van der Waals surface area contributed by atoms with Crippen LogP contribution in [-0.2, 0) is 20.6 Å². The van der Waals surface area contributed by atoms with Crippen LogP contribution in [0.1, 0.15) is 64.4 Å². The molecule has 2 aromatic carbocycles. The Balaban J connectivity index is 1.15. The average molecular weight is 784 g/mol. The predicted molar refractivity (Wildman–Crippen MR) is 210 cm³/mol. The van der Waals surface area contributed by atoms with Crippen molar-refractivity contribution in [3.05, 3.63) is 47.9 Å². The molecule has 6 aliphatic rings. The van der Waals surface area contributed by atoms with Gasteiger partial charge in [-0.3, -0.25) is 9.88 Å². The van der Waals surface area contributed by atoms with E-state index in [2.05, 4.69) is 15.1 Å². The smallest absolute Gasteiger partial charge is 0.413 e. The molecule has 0 spiro atoms. The molecule has 4 saturated heterocycles. The van der Waals surface area contributed by atoms with Gasteiger partial charge >= 0.3 is 18.2 Å². The number of amides is 2. The number of hydrogen-bond acceptors (Lipinski definition) is 12. The SMILES string of the molecule is CC(OC(=O)N1CCOCC1)Oc1cc2c3c(cccc3c1)CCCOC(=O)NC1(C)CCCN(C1)c1nc(OCC34CCCN3CCC4)nc3c(F)c-2ncc13. The maximum Gasteiger partial charge on any atom is 0.413 e. The molecule has 0 saturated carbocycles. The lowest BCUT2D eigenvalue weighted by Gasteiger charge is -2.41. The number of ether oxygens (including phenoxy) is 5. The van der Waals surface area contributed by atoms with Crippen molar-refractivity contribution >= 4 is 39.7 Å². The van der Waals surface area contributed by atoms with Gasteiger partial charge in [-0.1, -0.05) is 18.2 Å². The molecular weight excluding hydrogens is 734 g/mol. The van der Waals surface area contributed by atoms with Crippen LogP contribution < -0.4 is 19.7 Å². The van der Waals surface area contributed by atoms with E-state index in [1.807, 2.05) is 31.2 Å². The molecule has 15 heteroatoms. The van der Waals surface area contributed by atoms with Gasteiger partial charge in [0.25, 0.3) is 0 Å². The van der Waals surface area contributed by atoms with E-state index in [1.54, 1.807) is 24.1 Å². The quantitative estimate of drug-likeness (QED) is 0.222. The molecule has 2 aromatic heterocycles. The van der Waals surface area contributed by atoms with E-state index in [0.29, 0.717) is 81.4 Å². The number of pyridine rings is 1. The van der Waals surface area contributed by atoms with Crippen LogP contribution in [0, 0.1) is 5.82 Å². The number of carbonyl (C=O) groups is 2. The van der Waals surface area contributed by atoms with E-state index in [-0.39, 0.29) is 29.4 Å². The van der Waals surface area contributed by atoms with Gasteiger partial charge in [0.05, 0.1) is 36.3 Å². The van der Waals surface area contributed by atoms with Gasteiger partial charge in [0, 0.05) is 44.9 Å².